The van der Waals surface area contributed by atoms with Gasteiger partial charge in [0.2, 0.25) is 15.9 Å². The fourth-order valence-electron chi connectivity index (χ4n) is 2.68. The SMILES string of the molecule is CCS(=O)(=O)N1CCN(C(=O)Cc2csc(NC(=O)c3cccs3)n2)CC1. The van der Waals surface area contributed by atoms with Gasteiger partial charge in [0.15, 0.2) is 5.13 Å². The number of piperazine rings is 1. The van der Waals surface area contributed by atoms with Gasteiger partial charge >= 0.3 is 0 Å². The zero-order valence-electron chi connectivity index (χ0n) is 14.8. The first-order valence-electron chi connectivity index (χ1n) is 8.44. The highest BCUT2D eigenvalue weighted by Crippen LogP contribution is 2.19. The molecule has 0 bridgehead atoms. The molecule has 1 aliphatic heterocycles. The molecule has 1 aliphatic rings. The molecule has 1 fully saturated rings. The summed E-state index contributed by atoms with van der Waals surface area (Å²) >= 11 is 2.62. The van der Waals surface area contributed by atoms with Crippen molar-refractivity contribution in [2.45, 2.75) is 13.3 Å². The van der Waals surface area contributed by atoms with Crippen LogP contribution in [0.2, 0.25) is 0 Å². The van der Waals surface area contributed by atoms with E-state index in [4.69, 9.17) is 0 Å². The first kappa shape index (κ1) is 19.9. The van der Waals surface area contributed by atoms with Gasteiger partial charge in [-0.05, 0) is 18.4 Å². The first-order valence-corrected chi connectivity index (χ1v) is 11.8. The Morgan fingerprint density at radius 1 is 1.22 bits per heavy atom. The van der Waals surface area contributed by atoms with Gasteiger partial charge in [-0.15, -0.1) is 22.7 Å². The largest absolute Gasteiger partial charge is 0.340 e. The number of sulfonamides is 1. The maximum absolute atomic E-state index is 12.4. The van der Waals surface area contributed by atoms with Crippen LogP contribution >= 0.6 is 22.7 Å². The van der Waals surface area contributed by atoms with Gasteiger partial charge in [0.1, 0.15) is 0 Å². The van der Waals surface area contributed by atoms with Crippen molar-refractivity contribution in [2.24, 2.45) is 0 Å². The number of aromatic nitrogens is 1. The topological polar surface area (TPSA) is 99.7 Å². The molecule has 8 nitrogen and oxygen atoms in total. The van der Waals surface area contributed by atoms with E-state index < -0.39 is 10.0 Å². The van der Waals surface area contributed by atoms with E-state index in [1.807, 2.05) is 5.38 Å². The van der Waals surface area contributed by atoms with E-state index in [-0.39, 0.29) is 24.0 Å². The van der Waals surface area contributed by atoms with Gasteiger partial charge in [0.05, 0.1) is 22.7 Å². The predicted octanol–water partition coefficient (Wildman–Crippen LogP) is 1.49. The van der Waals surface area contributed by atoms with Crippen LogP contribution in [0.4, 0.5) is 5.13 Å². The summed E-state index contributed by atoms with van der Waals surface area (Å²) in [6.07, 6.45) is 0.131. The fourth-order valence-corrected chi connectivity index (χ4v) is 5.09. The second-order valence-electron chi connectivity index (χ2n) is 5.93. The quantitative estimate of drug-likeness (QED) is 0.752. The normalized spacial score (nSPS) is 15.7. The molecule has 11 heteroatoms. The lowest BCUT2D eigenvalue weighted by molar-refractivity contribution is -0.131. The number of rotatable bonds is 6. The molecule has 0 aliphatic carbocycles. The van der Waals surface area contributed by atoms with Crippen molar-refractivity contribution in [1.82, 2.24) is 14.2 Å². The minimum atomic E-state index is -3.21. The first-order chi connectivity index (χ1) is 12.9. The molecular weight excluding hydrogens is 408 g/mol. The smallest absolute Gasteiger partial charge is 0.267 e. The average Bonchev–Trinajstić information content (AvgIpc) is 3.34. The van der Waals surface area contributed by atoms with Gasteiger partial charge < -0.3 is 4.90 Å². The second-order valence-corrected chi connectivity index (χ2v) is 10.00. The average molecular weight is 429 g/mol. The molecule has 0 spiro atoms. The summed E-state index contributed by atoms with van der Waals surface area (Å²) in [5.41, 5.74) is 0.593. The Balaban J connectivity index is 1.52. The Hall–Kier alpha value is -1.82. The Labute approximate surface area is 165 Å². The summed E-state index contributed by atoms with van der Waals surface area (Å²) in [5.74, 6) is -0.241. The van der Waals surface area contributed by atoms with Crippen molar-refractivity contribution < 1.29 is 18.0 Å². The molecule has 0 unspecified atom stereocenters. The molecule has 1 saturated heterocycles. The van der Waals surface area contributed by atoms with Crippen molar-refractivity contribution in [3.63, 3.8) is 0 Å². The van der Waals surface area contributed by atoms with Crippen molar-refractivity contribution in [1.29, 1.82) is 0 Å². The number of thiazole rings is 1. The lowest BCUT2D eigenvalue weighted by Crippen LogP contribution is -2.51. The summed E-state index contributed by atoms with van der Waals surface area (Å²) in [5, 5.41) is 6.76. The fraction of sp³-hybridized carbons (Fsp3) is 0.438. The summed E-state index contributed by atoms with van der Waals surface area (Å²) < 4.78 is 25.2. The Kier molecular flexibility index (Phi) is 6.25. The number of nitrogens with one attached hydrogen (secondary N) is 1. The standard InChI is InChI=1S/C16H20N4O4S3/c1-2-27(23,24)20-7-5-19(6-8-20)14(21)10-12-11-26-16(17-12)18-15(22)13-4-3-9-25-13/h3-4,9,11H,2,5-8,10H2,1H3,(H,17,18,22). The van der Waals surface area contributed by atoms with E-state index in [9.17, 15) is 18.0 Å². The summed E-state index contributed by atoms with van der Waals surface area (Å²) in [7, 11) is -3.21. The number of thiophene rings is 1. The van der Waals surface area contributed by atoms with Gasteiger partial charge in [0, 0.05) is 31.6 Å². The van der Waals surface area contributed by atoms with Gasteiger partial charge in [-0.1, -0.05) is 6.07 Å². The van der Waals surface area contributed by atoms with Crippen molar-refractivity contribution in [3.8, 4) is 0 Å². The maximum atomic E-state index is 12.4. The van der Waals surface area contributed by atoms with Gasteiger partial charge in [-0.2, -0.15) is 4.31 Å². The van der Waals surface area contributed by atoms with Crippen LogP contribution in [0, 0.1) is 0 Å². The Bertz CT molecular complexity index is 900. The van der Waals surface area contributed by atoms with E-state index in [2.05, 4.69) is 10.3 Å². The number of hydrogen-bond acceptors (Lipinski definition) is 7. The molecule has 0 atom stereocenters. The monoisotopic (exact) mass is 428 g/mol. The lowest BCUT2D eigenvalue weighted by atomic mass is 10.2. The molecule has 3 heterocycles. The zero-order valence-corrected chi connectivity index (χ0v) is 17.2. The highest BCUT2D eigenvalue weighted by Gasteiger charge is 2.27. The maximum Gasteiger partial charge on any atom is 0.267 e. The number of nitrogens with zero attached hydrogens (tertiary/aromatic N) is 3. The zero-order chi connectivity index (χ0) is 19.4. The molecule has 2 aromatic heterocycles. The van der Waals surface area contributed by atoms with Crippen LogP contribution in [0.5, 0.6) is 0 Å². The van der Waals surface area contributed by atoms with Gasteiger partial charge in [-0.3, -0.25) is 14.9 Å². The molecule has 3 rings (SSSR count). The number of carbonyl (C=O) groups is 2. The third-order valence-electron chi connectivity index (χ3n) is 4.20. The highest BCUT2D eigenvalue weighted by molar-refractivity contribution is 7.89. The second kappa shape index (κ2) is 8.46. The van der Waals surface area contributed by atoms with E-state index >= 15 is 0 Å². The van der Waals surface area contributed by atoms with Crippen LogP contribution in [0.15, 0.2) is 22.9 Å². The minimum absolute atomic E-state index is 0.0692. The highest BCUT2D eigenvalue weighted by atomic mass is 32.2. The number of anilines is 1. The third kappa shape index (κ3) is 4.92. The molecule has 0 aromatic carbocycles. The lowest BCUT2D eigenvalue weighted by Gasteiger charge is -2.33. The summed E-state index contributed by atoms with van der Waals surface area (Å²) in [6.45, 7) is 3.01. The van der Waals surface area contributed by atoms with E-state index in [1.54, 1.807) is 29.3 Å². The molecule has 0 radical (unpaired) electrons. The summed E-state index contributed by atoms with van der Waals surface area (Å²) in [4.78, 5) is 31.0. The number of hydrogen-bond donors (Lipinski definition) is 1. The van der Waals surface area contributed by atoms with Crippen molar-refractivity contribution in [3.05, 3.63) is 33.5 Å². The predicted molar refractivity (Wildman–Crippen MR) is 106 cm³/mol. The number of carbonyl (C=O) groups excluding carboxylic acids is 2. The van der Waals surface area contributed by atoms with Crippen LogP contribution in [-0.4, -0.2) is 66.4 Å². The van der Waals surface area contributed by atoms with E-state index in [0.29, 0.717) is 41.9 Å². The van der Waals surface area contributed by atoms with Crippen molar-refractivity contribution in [2.75, 3.05) is 37.2 Å². The molecule has 2 amide bonds. The molecule has 27 heavy (non-hydrogen) atoms. The Morgan fingerprint density at radius 2 is 1.96 bits per heavy atom. The van der Waals surface area contributed by atoms with E-state index in [0.717, 1.165) is 0 Å². The van der Waals surface area contributed by atoms with Crippen LogP contribution in [0.1, 0.15) is 22.3 Å². The van der Waals surface area contributed by atoms with Crippen LogP contribution in [-0.2, 0) is 21.2 Å². The summed E-state index contributed by atoms with van der Waals surface area (Å²) in [6, 6.07) is 3.54. The molecule has 146 valence electrons. The molecule has 1 N–H and O–H groups in total. The van der Waals surface area contributed by atoms with Crippen molar-refractivity contribution >= 4 is 49.6 Å². The molecule has 2 aromatic rings. The van der Waals surface area contributed by atoms with Crippen LogP contribution < -0.4 is 5.32 Å². The minimum Gasteiger partial charge on any atom is -0.340 e. The van der Waals surface area contributed by atoms with Gasteiger partial charge in [0.25, 0.3) is 5.91 Å². The van der Waals surface area contributed by atoms with E-state index in [1.165, 1.54) is 27.0 Å². The molecule has 0 saturated carbocycles. The van der Waals surface area contributed by atoms with Gasteiger partial charge in [-0.25, -0.2) is 13.4 Å². The molecular formula is C16H20N4O4S3. The third-order valence-corrected chi connectivity index (χ3v) is 7.76. The Morgan fingerprint density at radius 3 is 2.59 bits per heavy atom. The number of amides is 2. The van der Waals surface area contributed by atoms with Crippen LogP contribution in [0.3, 0.4) is 0 Å². The van der Waals surface area contributed by atoms with Crippen LogP contribution in [0.25, 0.3) is 0 Å².